The number of nitrogens with one attached hydrogen (secondary N) is 1. The SMILES string of the molecule is NC(=S)C(NC(=O)C1CCCCS1)C1CCCCC1. The number of carbonyl (C=O) groups excluding carboxylic acids is 1. The van der Waals surface area contributed by atoms with E-state index in [2.05, 4.69) is 5.32 Å². The first-order chi connectivity index (χ1) is 9.18. The first-order valence-electron chi connectivity index (χ1n) is 7.40. The second-order valence-electron chi connectivity index (χ2n) is 5.64. The van der Waals surface area contributed by atoms with Gasteiger partial charge in [0.05, 0.1) is 16.3 Å². The van der Waals surface area contributed by atoms with Gasteiger partial charge in [-0.3, -0.25) is 4.79 Å². The van der Waals surface area contributed by atoms with Gasteiger partial charge >= 0.3 is 0 Å². The molecule has 2 aliphatic rings. The van der Waals surface area contributed by atoms with Gasteiger partial charge in [-0.2, -0.15) is 0 Å². The molecule has 5 heteroatoms. The number of nitrogens with two attached hydrogens (primary N) is 1. The highest BCUT2D eigenvalue weighted by atomic mass is 32.2. The van der Waals surface area contributed by atoms with E-state index in [1.807, 2.05) is 0 Å². The molecule has 1 saturated heterocycles. The predicted octanol–water partition coefficient (Wildman–Crippen LogP) is 2.62. The Morgan fingerprint density at radius 2 is 1.84 bits per heavy atom. The summed E-state index contributed by atoms with van der Waals surface area (Å²) >= 11 is 6.95. The van der Waals surface area contributed by atoms with E-state index < -0.39 is 0 Å². The van der Waals surface area contributed by atoms with Gasteiger partial charge in [-0.25, -0.2) is 0 Å². The summed E-state index contributed by atoms with van der Waals surface area (Å²) in [5, 5.41) is 3.24. The molecule has 3 N–H and O–H groups in total. The number of thioether (sulfide) groups is 1. The van der Waals surface area contributed by atoms with E-state index in [1.54, 1.807) is 11.8 Å². The largest absolute Gasteiger partial charge is 0.392 e. The first-order valence-corrected chi connectivity index (χ1v) is 8.85. The summed E-state index contributed by atoms with van der Waals surface area (Å²) in [5.41, 5.74) is 5.86. The van der Waals surface area contributed by atoms with Crippen LogP contribution in [0.15, 0.2) is 0 Å². The van der Waals surface area contributed by atoms with Crippen LogP contribution in [0.3, 0.4) is 0 Å². The Bertz CT molecular complexity index is 323. The summed E-state index contributed by atoms with van der Waals surface area (Å²) in [4.78, 5) is 12.8. The van der Waals surface area contributed by atoms with Crippen LogP contribution in [0.2, 0.25) is 0 Å². The Kier molecular flexibility index (Phi) is 5.95. The Balaban J connectivity index is 1.91. The molecule has 0 bridgehead atoms. The van der Waals surface area contributed by atoms with Crippen molar-refractivity contribution in [2.24, 2.45) is 11.7 Å². The Morgan fingerprint density at radius 3 is 2.42 bits per heavy atom. The van der Waals surface area contributed by atoms with E-state index in [0.717, 1.165) is 31.4 Å². The fourth-order valence-corrected chi connectivity index (χ4v) is 4.54. The van der Waals surface area contributed by atoms with Crippen LogP contribution in [-0.4, -0.2) is 27.9 Å². The van der Waals surface area contributed by atoms with Gasteiger partial charge in [0, 0.05) is 0 Å². The van der Waals surface area contributed by atoms with E-state index in [-0.39, 0.29) is 17.2 Å². The molecular weight excluding hydrogens is 276 g/mol. The molecule has 2 rings (SSSR count). The maximum absolute atomic E-state index is 12.3. The number of hydrogen-bond donors (Lipinski definition) is 2. The van der Waals surface area contributed by atoms with Crippen LogP contribution in [0.4, 0.5) is 0 Å². The van der Waals surface area contributed by atoms with E-state index in [1.165, 1.54) is 25.7 Å². The lowest BCUT2D eigenvalue weighted by Crippen LogP contribution is -2.51. The zero-order chi connectivity index (χ0) is 13.7. The highest BCUT2D eigenvalue weighted by Crippen LogP contribution is 2.28. The fraction of sp³-hybridized carbons (Fsp3) is 0.857. The number of carbonyl (C=O) groups is 1. The second kappa shape index (κ2) is 7.48. The molecule has 1 aliphatic carbocycles. The zero-order valence-corrected chi connectivity index (χ0v) is 13.0. The minimum atomic E-state index is -0.0923. The van der Waals surface area contributed by atoms with E-state index in [4.69, 9.17) is 18.0 Å². The van der Waals surface area contributed by atoms with Crippen molar-refractivity contribution >= 4 is 34.9 Å². The van der Waals surface area contributed by atoms with Crippen molar-refractivity contribution in [2.45, 2.75) is 62.7 Å². The molecule has 108 valence electrons. The van der Waals surface area contributed by atoms with Gasteiger partial charge in [-0.05, 0) is 37.4 Å². The topological polar surface area (TPSA) is 55.1 Å². The first kappa shape index (κ1) is 15.1. The normalized spacial score (nSPS) is 26.6. The lowest BCUT2D eigenvalue weighted by molar-refractivity contribution is -0.121. The zero-order valence-electron chi connectivity index (χ0n) is 11.4. The molecule has 1 saturated carbocycles. The molecule has 0 aromatic carbocycles. The van der Waals surface area contributed by atoms with Gasteiger partial charge in [-0.15, -0.1) is 11.8 Å². The molecule has 0 spiro atoms. The number of hydrogen-bond acceptors (Lipinski definition) is 3. The summed E-state index contributed by atoms with van der Waals surface area (Å²) in [6, 6.07) is -0.0923. The van der Waals surface area contributed by atoms with Gasteiger partial charge in [0.2, 0.25) is 5.91 Å². The third-order valence-electron chi connectivity index (χ3n) is 4.20. The Hall–Kier alpha value is -0.290. The summed E-state index contributed by atoms with van der Waals surface area (Å²) in [5.74, 6) is 1.69. The van der Waals surface area contributed by atoms with Gasteiger partial charge in [0.15, 0.2) is 0 Å². The van der Waals surface area contributed by atoms with Crippen LogP contribution in [0.5, 0.6) is 0 Å². The van der Waals surface area contributed by atoms with Crippen molar-refractivity contribution in [2.75, 3.05) is 5.75 Å². The van der Waals surface area contributed by atoms with Crippen molar-refractivity contribution in [3.63, 3.8) is 0 Å². The monoisotopic (exact) mass is 300 g/mol. The highest BCUT2D eigenvalue weighted by Gasteiger charge is 2.30. The molecule has 2 atom stereocenters. The van der Waals surface area contributed by atoms with Gasteiger partial charge < -0.3 is 11.1 Å². The van der Waals surface area contributed by atoms with Crippen LogP contribution in [0.1, 0.15) is 51.4 Å². The summed E-state index contributed by atoms with van der Waals surface area (Å²) in [6.45, 7) is 0. The van der Waals surface area contributed by atoms with E-state index in [9.17, 15) is 4.79 Å². The van der Waals surface area contributed by atoms with E-state index >= 15 is 0 Å². The van der Waals surface area contributed by atoms with Gasteiger partial charge in [0.1, 0.15) is 0 Å². The molecule has 19 heavy (non-hydrogen) atoms. The summed E-state index contributed by atoms with van der Waals surface area (Å²) in [6.07, 6.45) is 9.43. The molecule has 0 aromatic rings. The van der Waals surface area contributed by atoms with Gasteiger partial charge in [-0.1, -0.05) is 37.9 Å². The fourth-order valence-electron chi connectivity index (χ4n) is 3.08. The standard InChI is InChI=1S/C14H24N2OS2/c15-13(18)12(10-6-2-1-3-7-10)16-14(17)11-8-4-5-9-19-11/h10-12H,1-9H2,(H2,15,18)(H,16,17). The van der Waals surface area contributed by atoms with Crippen LogP contribution in [0, 0.1) is 5.92 Å². The highest BCUT2D eigenvalue weighted by molar-refractivity contribution is 8.00. The second-order valence-corrected chi connectivity index (χ2v) is 7.42. The molecule has 0 aromatic heterocycles. The van der Waals surface area contributed by atoms with Crippen molar-refractivity contribution in [3.8, 4) is 0 Å². The molecule has 1 amide bonds. The van der Waals surface area contributed by atoms with Crippen molar-refractivity contribution in [1.82, 2.24) is 5.32 Å². The number of amides is 1. The summed E-state index contributed by atoms with van der Waals surface area (Å²) in [7, 11) is 0. The van der Waals surface area contributed by atoms with Crippen molar-refractivity contribution in [1.29, 1.82) is 0 Å². The smallest absolute Gasteiger partial charge is 0.233 e. The Labute approximate surface area is 125 Å². The minimum absolute atomic E-state index is 0.0923. The average Bonchev–Trinajstić information content (AvgIpc) is 2.46. The maximum atomic E-state index is 12.3. The average molecular weight is 300 g/mol. The molecule has 3 nitrogen and oxygen atoms in total. The molecule has 0 radical (unpaired) electrons. The van der Waals surface area contributed by atoms with Crippen molar-refractivity contribution in [3.05, 3.63) is 0 Å². The van der Waals surface area contributed by atoms with Crippen LogP contribution >= 0.6 is 24.0 Å². The quantitative estimate of drug-likeness (QED) is 0.784. The van der Waals surface area contributed by atoms with Gasteiger partial charge in [0.25, 0.3) is 0 Å². The molecule has 1 aliphatic heterocycles. The maximum Gasteiger partial charge on any atom is 0.233 e. The molecule has 1 heterocycles. The van der Waals surface area contributed by atoms with Crippen molar-refractivity contribution < 1.29 is 4.79 Å². The van der Waals surface area contributed by atoms with Crippen LogP contribution < -0.4 is 11.1 Å². The minimum Gasteiger partial charge on any atom is -0.392 e. The third kappa shape index (κ3) is 4.35. The summed E-state index contributed by atoms with van der Waals surface area (Å²) < 4.78 is 0. The van der Waals surface area contributed by atoms with E-state index in [0.29, 0.717) is 10.9 Å². The van der Waals surface area contributed by atoms with Crippen LogP contribution in [0.25, 0.3) is 0 Å². The molecule has 2 unspecified atom stereocenters. The number of thiocarbonyl (C=S) groups is 1. The van der Waals surface area contributed by atoms with Crippen LogP contribution in [-0.2, 0) is 4.79 Å². The lowest BCUT2D eigenvalue weighted by atomic mass is 9.83. The Morgan fingerprint density at radius 1 is 1.16 bits per heavy atom. The lowest BCUT2D eigenvalue weighted by Gasteiger charge is -2.31. The molecule has 2 fully saturated rings. The molecular formula is C14H24N2OS2. The number of rotatable bonds is 4. The predicted molar refractivity (Wildman–Crippen MR) is 85.4 cm³/mol. The third-order valence-corrected chi connectivity index (χ3v) is 5.83.